The molecule has 1 heterocycles. The Morgan fingerprint density at radius 3 is 2.57 bits per heavy atom. The topological polar surface area (TPSA) is 99.0 Å². The summed E-state index contributed by atoms with van der Waals surface area (Å²) in [7, 11) is 0. The quantitative estimate of drug-likeness (QED) is 0.343. The van der Waals surface area contributed by atoms with E-state index in [9.17, 15) is 19.7 Å². The van der Waals surface area contributed by atoms with Crippen LogP contribution in [-0.2, 0) is 11.3 Å². The highest BCUT2D eigenvalue weighted by molar-refractivity contribution is 8.18. The molecule has 1 fully saturated rings. The zero-order valence-electron chi connectivity index (χ0n) is 16.5. The van der Waals surface area contributed by atoms with Crippen molar-refractivity contribution in [1.29, 1.82) is 0 Å². The van der Waals surface area contributed by atoms with Crippen LogP contribution in [0.25, 0.3) is 6.08 Å². The van der Waals surface area contributed by atoms with Crippen LogP contribution in [0.5, 0.6) is 11.5 Å². The lowest BCUT2D eigenvalue weighted by atomic mass is 10.1. The van der Waals surface area contributed by atoms with Crippen LogP contribution >= 0.6 is 11.8 Å². The Morgan fingerprint density at radius 2 is 1.87 bits per heavy atom. The van der Waals surface area contributed by atoms with Gasteiger partial charge in [-0.25, -0.2) is 0 Å². The molecule has 8 nitrogen and oxygen atoms in total. The number of nitro groups is 1. The second-order valence-corrected chi connectivity index (χ2v) is 7.25. The highest BCUT2D eigenvalue weighted by Gasteiger charge is 2.35. The summed E-state index contributed by atoms with van der Waals surface area (Å²) in [5, 5.41) is 10.5. The van der Waals surface area contributed by atoms with Gasteiger partial charge in [-0.15, -0.1) is 0 Å². The Kier molecular flexibility index (Phi) is 6.73. The number of carbonyl (C=O) groups excluding carboxylic acids is 2. The molecule has 1 aliphatic heterocycles. The number of amides is 2. The lowest BCUT2D eigenvalue weighted by Crippen LogP contribution is -2.27. The fourth-order valence-electron chi connectivity index (χ4n) is 2.90. The normalized spacial score (nSPS) is 15.0. The number of nitro benzene ring substituents is 1. The third-order valence-electron chi connectivity index (χ3n) is 4.22. The summed E-state index contributed by atoms with van der Waals surface area (Å²) in [6.07, 6.45) is 1.61. The van der Waals surface area contributed by atoms with Crippen LogP contribution < -0.4 is 9.47 Å². The SMILES string of the molecule is CCOc1ccc(/C=C2/SC(=O)N(Cc3cccc([N+](=O)[O-])c3)C2=O)c(OCC)c1. The number of rotatable bonds is 8. The number of thioether (sulfide) groups is 1. The minimum atomic E-state index is -0.515. The summed E-state index contributed by atoms with van der Waals surface area (Å²) < 4.78 is 11.1. The van der Waals surface area contributed by atoms with E-state index in [2.05, 4.69) is 0 Å². The summed E-state index contributed by atoms with van der Waals surface area (Å²) in [5.74, 6) is 0.749. The number of hydrogen-bond acceptors (Lipinski definition) is 7. The molecule has 0 spiro atoms. The highest BCUT2D eigenvalue weighted by Crippen LogP contribution is 2.36. The number of imide groups is 1. The third-order valence-corrected chi connectivity index (χ3v) is 5.13. The molecule has 0 aromatic heterocycles. The van der Waals surface area contributed by atoms with Gasteiger partial charge in [0.1, 0.15) is 11.5 Å². The summed E-state index contributed by atoms with van der Waals surface area (Å²) in [5.41, 5.74) is 1.07. The zero-order valence-corrected chi connectivity index (χ0v) is 17.3. The average molecular weight is 428 g/mol. The van der Waals surface area contributed by atoms with E-state index in [0.29, 0.717) is 35.8 Å². The van der Waals surface area contributed by atoms with Gasteiger partial charge in [0.2, 0.25) is 0 Å². The molecular weight excluding hydrogens is 408 g/mol. The van der Waals surface area contributed by atoms with Crippen molar-refractivity contribution in [1.82, 2.24) is 4.90 Å². The fraction of sp³-hybridized carbons (Fsp3) is 0.238. The largest absolute Gasteiger partial charge is 0.494 e. The molecule has 1 aliphatic rings. The van der Waals surface area contributed by atoms with E-state index in [1.54, 1.807) is 30.3 Å². The molecule has 0 unspecified atom stereocenters. The molecule has 3 rings (SSSR count). The Hall–Kier alpha value is -3.33. The third kappa shape index (κ3) is 4.80. The molecule has 0 saturated carbocycles. The van der Waals surface area contributed by atoms with E-state index < -0.39 is 16.1 Å². The molecule has 0 bridgehead atoms. The van der Waals surface area contributed by atoms with Gasteiger partial charge in [-0.3, -0.25) is 24.6 Å². The molecule has 2 amide bonds. The van der Waals surface area contributed by atoms with Gasteiger partial charge in [-0.1, -0.05) is 12.1 Å². The van der Waals surface area contributed by atoms with Crippen LogP contribution in [0.15, 0.2) is 47.4 Å². The molecule has 9 heteroatoms. The van der Waals surface area contributed by atoms with Gasteiger partial charge in [0.25, 0.3) is 16.8 Å². The van der Waals surface area contributed by atoms with Crippen molar-refractivity contribution in [2.75, 3.05) is 13.2 Å². The molecule has 0 atom stereocenters. The molecule has 1 saturated heterocycles. The molecule has 2 aromatic rings. The molecule has 156 valence electrons. The Labute approximate surface area is 177 Å². The Bertz CT molecular complexity index is 1020. The van der Waals surface area contributed by atoms with Crippen LogP contribution in [0.1, 0.15) is 25.0 Å². The highest BCUT2D eigenvalue weighted by atomic mass is 32.2. The van der Waals surface area contributed by atoms with E-state index in [4.69, 9.17) is 9.47 Å². The first-order valence-electron chi connectivity index (χ1n) is 9.31. The van der Waals surface area contributed by atoms with Crippen molar-refractivity contribution in [2.24, 2.45) is 0 Å². The minimum absolute atomic E-state index is 0.0364. The monoisotopic (exact) mass is 428 g/mol. The first-order valence-corrected chi connectivity index (χ1v) is 10.1. The van der Waals surface area contributed by atoms with Crippen molar-refractivity contribution >= 4 is 34.7 Å². The van der Waals surface area contributed by atoms with Gasteiger partial charge in [0.05, 0.1) is 29.6 Å². The maximum Gasteiger partial charge on any atom is 0.293 e. The molecule has 2 aromatic carbocycles. The van der Waals surface area contributed by atoms with E-state index in [0.717, 1.165) is 16.7 Å². The van der Waals surface area contributed by atoms with Crippen LogP contribution in [0.4, 0.5) is 10.5 Å². The first-order chi connectivity index (χ1) is 14.4. The average Bonchev–Trinajstić information content (AvgIpc) is 2.98. The first kappa shape index (κ1) is 21.4. The lowest BCUT2D eigenvalue weighted by Gasteiger charge is -2.12. The van der Waals surface area contributed by atoms with E-state index >= 15 is 0 Å². The fourth-order valence-corrected chi connectivity index (χ4v) is 3.73. The number of benzene rings is 2. The van der Waals surface area contributed by atoms with Crippen LogP contribution in [-0.4, -0.2) is 34.2 Å². The van der Waals surface area contributed by atoms with Gasteiger partial charge in [0, 0.05) is 23.8 Å². The summed E-state index contributed by atoms with van der Waals surface area (Å²) in [6.45, 7) is 4.65. The van der Waals surface area contributed by atoms with Crippen LogP contribution in [0.3, 0.4) is 0 Å². The van der Waals surface area contributed by atoms with Crippen LogP contribution in [0, 0.1) is 10.1 Å². The van der Waals surface area contributed by atoms with E-state index in [1.165, 1.54) is 18.2 Å². The number of non-ortho nitro benzene ring substituents is 1. The van der Waals surface area contributed by atoms with E-state index in [1.807, 2.05) is 13.8 Å². The summed E-state index contributed by atoms with van der Waals surface area (Å²) in [4.78, 5) is 37.0. The van der Waals surface area contributed by atoms with Gasteiger partial charge in [0.15, 0.2) is 0 Å². The predicted octanol–water partition coefficient (Wildman–Crippen LogP) is 4.63. The van der Waals surface area contributed by atoms with Crippen molar-refractivity contribution in [3.05, 3.63) is 68.6 Å². The lowest BCUT2D eigenvalue weighted by molar-refractivity contribution is -0.384. The van der Waals surface area contributed by atoms with Crippen molar-refractivity contribution in [3.8, 4) is 11.5 Å². The van der Waals surface area contributed by atoms with Crippen LogP contribution in [0.2, 0.25) is 0 Å². The van der Waals surface area contributed by atoms with Gasteiger partial charge >= 0.3 is 0 Å². The predicted molar refractivity (Wildman–Crippen MR) is 113 cm³/mol. The maximum atomic E-state index is 12.8. The number of carbonyl (C=O) groups is 2. The number of hydrogen-bond donors (Lipinski definition) is 0. The summed E-state index contributed by atoms with van der Waals surface area (Å²) >= 11 is 0.825. The smallest absolute Gasteiger partial charge is 0.293 e. The Morgan fingerprint density at radius 1 is 1.10 bits per heavy atom. The second kappa shape index (κ2) is 9.45. The standard InChI is InChI=1S/C21H20N2O6S/c1-3-28-17-9-8-15(18(12-17)29-4-2)11-19-20(24)22(21(25)30-19)13-14-6-5-7-16(10-14)23(26)27/h5-12H,3-4,13H2,1-2H3/b19-11+. The number of ether oxygens (including phenoxy) is 2. The van der Waals surface area contributed by atoms with Crippen molar-refractivity contribution in [3.63, 3.8) is 0 Å². The molecule has 0 radical (unpaired) electrons. The maximum absolute atomic E-state index is 12.8. The van der Waals surface area contributed by atoms with Gasteiger partial charge < -0.3 is 9.47 Å². The molecule has 0 aliphatic carbocycles. The van der Waals surface area contributed by atoms with Crippen molar-refractivity contribution in [2.45, 2.75) is 20.4 Å². The number of nitrogens with zero attached hydrogens (tertiary/aromatic N) is 2. The molecular formula is C21H20N2O6S. The second-order valence-electron chi connectivity index (χ2n) is 6.26. The molecule has 30 heavy (non-hydrogen) atoms. The molecule has 0 N–H and O–H groups in total. The zero-order chi connectivity index (χ0) is 21.7. The van der Waals surface area contributed by atoms with Gasteiger partial charge in [-0.2, -0.15) is 0 Å². The summed E-state index contributed by atoms with van der Waals surface area (Å²) in [6, 6.07) is 11.2. The Balaban J connectivity index is 1.84. The van der Waals surface area contributed by atoms with Crippen molar-refractivity contribution < 1.29 is 24.0 Å². The minimum Gasteiger partial charge on any atom is -0.494 e. The van der Waals surface area contributed by atoms with E-state index in [-0.39, 0.29) is 17.1 Å². The van der Waals surface area contributed by atoms with Gasteiger partial charge in [-0.05, 0) is 49.4 Å².